The monoisotopic (exact) mass is 522 g/mol. The highest BCUT2D eigenvalue weighted by Gasteiger charge is 2.27. The molecule has 4 rings (SSSR count). The zero-order valence-corrected chi connectivity index (χ0v) is 21.9. The molecule has 0 radical (unpaired) electrons. The number of anilines is 1. The second kappa shape index (κ2) is 11.1. The van der Waals surface area contributed by atoms with Gasteiger partial charge in [0.25, 0.3) is 17.1 Å². The molecule has 2 aromatic rings. The number of carbonyl (C=O) groups is 4. The van der Waals surface area contributed by atoms with Crippen molar-refractivity contribution in [3.8, 4) is 0 Å². The van der Waals surface area contributed by atoms with Crippen molar-refractivity contribution in [1.82, 2.24) is 15.5 Å². The van der Waals surface area contributed by atoms with E-state index in [1.807, 2.05) is 35.2 Å². The molecule has 2 aromatic carbocycles. The number of nitrogens with one attached hydrogen (secondary N) is 2. The smallest absolute Gasteiger partial charge is 0.407 e. The van der Waals surface area contributed by atoms with Crippen LogP contribution in [0.15, 0.2) is 53.4 Å². The fraction of sp³-hybridized carbons (Fsp3) is 0.333. The molecule has 2 aliphatic heterocycles. The first-order chi connectivity index (χ1) is 17.6. The number of carbonyl (C=O) groups excluding carboxylic acids is 4. The van der Waals surface area contributed by atoms with E-state index in [-0.39, 0.29) is 23.6 Å². The highest BCUT2D eigenvalue weighted by molar-refractivity contribution is 8.18. The third-order valence-corrected chi connectivity index (χ3v) is 6.59. The number of ether oxygens (including phenoxy) is 1. The highest BCUT2D eigenvalue weighted by atomic mass is 32.2. The van der Waals surface area contributed by atoms with Gasteiger partial charge >= 0.3 is 6.09 Å². The fourth-order valence-electron chi connectivity index (χ4n) is 4.10. The second-order valence-electron chi connectivity index (χ2n) is 9.75. The van der Waals surface area contributed by atoms with Crippen LogP contribution in [-0.2, 0) is 16.1 Å². The quantitative estimate of drug-likeness (QED) is 0.572. The molecule has 2 fully saturated rings. The molecule has 2 N–H and O–H groups in total. The van der Waals surface area contributed by atoms with Crippen LogP contribution in [0.25, 0.3) is 6.08 Å². The molecular formula is C27H30N4O5S. The Hall–Kier alpha value is -3.79. The van der Waals surface area contributed by atoms with Gasteiger partial charge in [-0.2, -0.15) is 0 Å². The molecule has 0 unspecified atom stereocenters. The molecule has 0 aromatic heterocycles. The zero-order valence-electron chi connectivity index (χ0n) is 21.1. The summed E-state index contributed by atoms with van der Waals surface area (Å²) >= 11 is 0.894. The summed E-state index contributed by atoms with van der Waals surface area (Å²) in [5.41, 5.74) is 2.59. The summed E-state index contributed by atoms with van der Waals surface area (Å²) in [6, 6.07) is 14.9. The summed E-state index contributed by atoms with van der Waals surface area (Å²) in [5.74, 6) is -0.449. The van der Waals surface area contributed by atoms with Crippen molar-refractivity contribution in [2.75, 3.05) is 31.1 Å². The van der Waals surface area contributed by atoms with Gasteiger partial charge in [0.05, 0.1) is 4.91 Å². The van der Waals surface area contributed by atoms with Crippen LogP contribution in [0, 0.1) is 0 Å². The van der Waals surface area contributed by atoms with Crippen LogP contribution in [0.2, 0.25) is 0 Å². The predicted molar refractivity (Wildman–Crippen MR) is 143 cm³/mol. The minimum atomic E-state index is -0.579. The van der Waals surface area contributed by atoms with Crippen molar-refractivity contribution in [2.24, 2.45) is 0 Å². The van der Waals surface area contributed by atoms with Crippen LogP contribution >= 0.6 is 11.8 Å². The van der Waals surface area contributed by atoms with E-state index >= 15 is 0 Å². The van der Waals surface area contributed by atoms with Crippen LogP contribution in [0.3, 0.4) is 0 Å². The van der Waals surface area contributed by atoms with E-state index in [2.05, 4.69) is 15.5 Å². The molecule has 0 spiro atoms. The predicted octanol–water partition coefficient (Wildman–Crippen LogP) is 4.00. The Labute approximate surface area is 220 Å². The van der Waals surface area contributed by atoms with E-state index in [0.29, 0.717) is 36.6 Å². The number of nitrogens with zero attached hydrogens (tertiary/aromatic N) is 2. The average Bonchev–Trinajstić information content (AvgIpc) is 3.18. The normalized spacial score (nSPS) is 17.1. The fourth-order valence-corrected chi connectivity index (χ4v) is 4.77. The molecule has 0 aliphatic carbocycles. The SMILES string of the molecule is CC(C)(C)OC(=O)NCc1cccc(C(=O)N2CCN(c3ccccc3C=C3SC(=O)NC3=O)CC2)c1. The maximum absolute atomic E-state index is 13.2. The van der Waals surface area contributed by atoms with Crippen LogP contribution in [0.5, 0.6) is 0 Å². The van der Waals surface area contributed by atoms with E-state index in [4.69, 9.17) is 4.74 Å². The van der Waals surface area contributed by atoms with E-state index in [1.165, 1.54) is 0 Å². The lowest BCUT2D eigenvalue weighted by atomic mass is 10.1. The largest absolute Gasteiger partial charge is 0.444 e. The maximum Gasteiger partial charge on any atom is 0.407 e. The van der Waals surface area contributed by atoms with Gasteiger partial charge in [0.15, 0.2) is 0 Å². The molecular weight excluding hydrogens is 492 g/mol. The zero-order chi connectivity index (χ0) is 26.6. The Morgan fingerprint density at radius 3 is 2.46 bits per heavy atom. The summed E-state index contributed by atoms with van der Waals surface area (Å²) in [4.78, 5) is 53.0. The van der Waals surface area contributed by atoms with Crippen molar-refractivity contribution < 1.29 is 23.9 Å². The Balaban J connectivity index is 1.37. The van der Waals surface area contributed by atoms with E-state index < -0.39 is 11.7 Å². The number of amides is 4. The van der Waals surface area contributed by atoms with Crippen molar-refractivity contribution in [3.63, 3.8) is 0 Å². The molecule has 0 atom stereocenters. The Kier molecular flexibility index (Phi) is 7.87. The van der Waals surface area contributed by atoms with Crippen molar-refractivity contribution in [1.29, 1.82) is 0 Å². The van der Waals surface area contributed by atoms with Gasteiger partial charge in [0.2, 0.25) is 0 Å². The minimum Gasteiger partial charge on any atom is -0.444 e. The molecule has 37 heavy (non-hydrogen) atoms. The lowest BCUT2D eigenvalue weighted by Gasteiger charge is -2.37. The second-order valence-corrected chi connectivity index (χ2v) is 10.8. The topological polar surface area (TPSA) is 108 Å². The van der Waals surface area contributed by atoms with Crippen LogP contribution in [0.1, 0.15) is 42.3 Å². The first-order valence-corrected chi connectivity index (χ1v) is 12.8. The van der Waals surface area contributed by atoms with Crippen LogP contribution in [0.4, 0.5) is 15.3 Å². The van der Waals surface area contributed by atoms with E-state index in [9.17, 15) is 19.2 Å². The van der Waals surface area contributed by atoms with Gasteiger partial charge in [-0.1, -0.05) is 30.3 Å². The molecule has 0 bridgehead atoms. The van der Waals surface area contributed by atoms with Crippen molar-refractivity contribution >= 4 is 46.7 Å². The maximum atomic E-state index is 13.2. The van der Waals surface area contributed by atoms with Gasteiger partial charge in [-0.3, -0.25) is 19.7 Å². The summed E-state index contributed by atoms with van der Waals surface area (Å²) < 4.78 is 5.26. The molecule has 2 heterocycles. The van der Waals surface area contributed by atoms with Gasteiger partial charge in [0.1, 0.15) is 5.60 Å². The number of para-hydroxylation sites is 1. The standard InChI is InChI=1S/C27H30N4O5S/c1-27(2,3)36-25(34)28-17-18-7-6-9-20(15-18)24(33)31-13-11-30(12-14-31)21-10-5-4-8-19(21)16-22-23(32)29-26(35)37-22/h4-10,15-16H,11-14,17H2,1-3H3,(H,28,34)(H,29,32,35). The minimum absolute atomic E-state index is 0.0632. The van der Waals surface area contributed by atoms with E-state index in [1.54, 1.807) is 45.0 Å². The molecule has 194 valence electrons. The lowest BCUT2D eigenvalue weighted by Crippen LogP contribution is -2.49. The third kappa shape index (κ3) is 6.91. The lowest BCUT2D eigenvalue weighted by molar-refractivity contribution is -0.115. The van der Waals surface area contributed by atoms with Gasteiger partial charge < -0.3 is 19.9 Å². The number of hydrogen-bond acceptors (Lipinski definition) is 7. The first-order valence-electron chi connectivity index (χ1n) is 12.0. The number of hydrogen-bond donors (Lipinski definition) is 2. The summed E-state index contributed by atoms with van der Waals surface area (Å²) in [6.07, 6.45) is 1.23. The molecule has 2 aliphatic rings. The number of piperazine rings is 1. The number of alkyl carbamates (subject to hydrolysis) is 1. The Morgan fingerprint density at radius 2 is 1.78 bits per heavy atom. The first kappa shape index (κ1) is 26.3. The van der Waals surface area contributed by atoms with Gasteiger partial charge in [-0.15, -0.1) is 0 Å². The summed E-state index contributed by atoms with van der Waals surface area (Å²) in [6.45, 7) is 8.01. The molecule has 10 heteroatoms. The Bertz CT molecular complexity index is 1250. The van der Waals surface area contributed by atoms with Crippen LogP contribution < -0.4 is 15.5 Å². The molecule has 0 saturated carbocycles. The molecule has 2 saturated heterocycles. The van der Waals surface area contributed by atoms with Crippen LogP contribution in [-0.4, -0.2) is 59.8 Å². The van der Waals surface area contributed by atoms with Crippen molar-refractivity contribution in [3.05, 3.63) is 70.1 Å². The van der Waals surface area contributed by atoms with Gasteiger partial charge in [0, 0.05) is 44.0 Å². The summed E-state index contributed by atoms with van der Waals surface area (Å²) in [7, 11) is 0. The van der Waals surface area contributed by atoms with Gasteiger partial charge in [-0.05, 0) is 67.9 Å². The number of thioether (sulfide) groups is 1. The van der Waals surface area contributed by atoms with Gasteiger partial charge in [-0.25, -0.2) is 4.79 Å². The average molecular weight is 523 g/mol. The number of imide groups is 1. The molecule has 4 amide bonds. The Morgan fingerprint density at radius 1 is 1.05 bits per heavy atom. The summed E-state index contributed by atoms with van der Waals surface area (Å²) in [5, 5.41) is 4.63. The number of rotatable bonds is 5. The van der Waals surface area contributed by atoms with Crippen molar-refractivity contribution in [2.45, 2.75) is 32.9 Å². The number of benzene rings is 2. The highest BCUT2D eigenvalue weighted by Crippen LogP contribution is 2.30. The third-order valence-electron chi connectivity index (χ3n) is 5.78. The molecule has 9 nitrogen and oxygen atoms in total. The van der Waals surface area contributed by atoms with E-state index in [0.717, 1.165) is 28.6 Å².